The zero-order chi connectivity index (χ0) is 21.5. The molecule has 0 aliphatic carbocycles. The number of nitrogens with zero attached hydrogens (tertiary/aromatic N) is 1. The summed E-state index contributed by atoms with van der Waals surface area (Å²) in [5.41, 5.74) is -0.830. The molecule has 0 radical (unpaired) electrons. The molecule has 3 aliphatic rings. The highest BCUT2D eigenvalue weighted by atomic mass is 16.7. The van der Waals surface area contributed by atoms with Crippen molar-refractivity contribution in [2.24, 2.45) is 0 Å². The summed E-state index contributed by atoms with van der Waals surface area (Å²) in [6, 6.07) is -0.450. The lowest BCUT2D eigenvalue weighted by Crippen LogP contribution is -2.64. The second-order valence-corrected chi connectivity index (χ2v) is 8.22. The molecule has 0 spiro atoms. The van der Waals surface area contributed by atoms with Gasteiger partial charge in [0, 0.05) is 6.42 Å². The van der Waals surface area contributed by atoms with Crippen LogP contribution in [0.3, 0.4) is 0 Å². The van der Waals surface area contributed by atoms with Gasteiger partial charge < -0.3 is 44.6 Å². The Morgan fingerprint density at radius 2 is 1.90 bits per heavy atom. The molecule has 11 heteroatoms. The van der Waals surface area contributed by atoms with Crippen LogP contribution in [0.15, 0.2) is 0 Å². The minimum Gasteiger partial charge on any atom is -0.480 e. The van der Waals surface area contributed by atoms with Crippen LogP contribution in [0.5, 0.6) is 0 Å². The number of aliphatic carboxylic acids is 1. The van der Waals surface area contributed by atoms with Crippen molar-refractivity contribution >= 4 is 11.9 Å². The van der Waals surface area contributed by atoms with Crippen LogP contribution >= 0.6 is 0 Å². The SMILES string of the molecule is C[C@@H]1O[C@@H](OCC2CC[C@@]3(C)[C@@H](O)C[C@H](OCC(=O)O)C(=O)N23)[C@@H](O)[C@H](O)[C@@H]1O. The topological polar surface area (TPSA) is 166 Å². The van der Waals surface area contributed by atoms with E-state index in [9.17, 15) is 30.0 Å². The predicted octanol–water partition coefficient (Wildman–Crippen LogP) is -2.19. The van der Waals surface area contributed by atoms with E-state index in [1.807, 2.05) is 0 Å². The second-order valence-electron chi connectivity index (χ2n) is 8.22. The third-order valence-corrected chi connectivity index (χ3v) is 6.24. The summed E-state index contributed by atoms with van der Waals surface area (Å²) in [6.07, 6.45) is -6.96. The van der Waals surface area contributed by atoms with Gasteiger partial charge in [0.2, 0.25) is 0 Å². The maximum Gasteiger partial charge on any atom is 0.329 e. The highest BCUT2D eigenvalue weighted by molar-refractivity contribution is 5.84. The van der Waals surface area contributed by atoms with Gasteiger partial charge in [0.15, 0.2) is 6.29 Å². The zero-order valence-corrected chi connectivity index (χ0v) is 16.4. The average molecular weight is 419 g/mol. The standard InChI is InChI=1S/C18H29NO10/c1-8-13(23)14(24)15(25)17(29-8)28-6-9-3-4-18(2)11(20)5-10(16(26)19(9)18)27-7-12(21)22/h8-11,13-15,17,20,23-25H,3-7H2,1-2H3,(H,21,22)/t8-,9?,10-,11-,13+,14+,15-,17+,18-/m0/s1. The van der Waals surface area contributed by atoms with Crippen LogP contribution in [0.4, 0.5) is 0 Å². The van der Waals surface area contributed by atoms with Crippen molar-refractivity contribution in [2.75, 3.05) is 13.2 Å². The Kier molecular flexibility index (Phi) is 6.49. The molecule has 1 amide bonds. The number of aliphatic hydroxyl groups is 4. The molecule has 3 aliphatic heterocycles. The molecule has 3 heterocycles. The van der Waals surface area contributed by atoms with Gasteiger partial charge in [0.05, 0.1) is 30.4 Å². The third kappa shape index (κ3) is 4.13. The van der Waals surface area contributed by atoms with Gasteiger partial charge >= 0.3 is 5.97 Å². The number of carboxylic acids is 1. The summed E-state index contributed by atoms with van der Waals surface area (Å²) in [5.74, 6) is -1.63. The molecule has 9 atom stereocenters. The third-order valence-electron chi connectivity index (χ3n) is 6.24. The molecule has 0 saturated carbocycles. The molecular formula is C18H29NO10. The van der Waals surface area contributed by atoms with Gasteiger partial charge in [-0.05, 0) is 26.7 Å². The first-order valence-electron chi connectivity index (χ1n) is 9.72. The molecule has 11 nitrogen and oxygen atoms in total. The van der Waals surface area contributed by atoms with Crippen molar-refractivity contribution < 1.29 is 49.3 Å². The van der Waals surface area contributed by atoms with E-state index < -0.39 is 73.0 Å². The first kappa shape index (κ1) is 22.3. The van der Waals surface area contributed by atoms with Gasteiger partial charge in [-0.3, -0.25) is 4.79 Å². The Morgan fingerprint density at radius 1 is 1.21 bits per heavy atom. The number of carboxylic acid groups (broad SMARTS) is 1. The fraction of sp³-hybridized carbons (Fsp3) is 0.889. The Balaban J connectivity index is 1.67. The van der Waals surface area contributed by atoms with E-state index in [1.165, 1.54) is 11.8 Å². The number of ether oxygens (including phenoxy) is 3. The van der Waals surface area contributed by atoms with Crippen LogP contribution in [-0.2, 0) is 23.8 Å². The van der Waals surface area contributed by atoms with Gasteiger partial charge in [-0.1, -0.05) is 0 Å². The molecule has 1 unspecified atom stereocenters. The average Bonchev–Trinajstić information content (AvgIpc) is 3.02. The minimum atomic E-state index is -1.46. The number of fused-ring (bicyclic) bond motifs is 1. The summed E-state index contributed by atoms with van der Waals surface area (Å²) in [4.78, 5) is 25.2. The fourth-order valence-corrected chi connectivity index (χ4v) is 4.42. The highest BCUT2D eigenvalue weighted by Gasteiger charge is 2.56. The van der Waals surface area contributed by atoms with Gasteiger partial charge in [-0.2, -0.15) is 0 Å². The summed E-state index contributed by atoms with van der Waals surface area (Å²) in [5, 5.41) is 49.1. The number of hydrogen-bond donors (Lipinski definition) is 5. The summed E-state index contributed by atoms with van der Waals surface area (Å²) < 4.78 is 16.2. The summed E-state index contributed by atoms with van der Waals surface area (Å²) in [6.45, 7) is 2.63. The summed E-state index contributed by atoms with van der Waals surface area (Å²) in [7, 11) is 0. The molecule has 3 fully saturated rings. The monoisotopic (exact) mass is 419 g/mol. The largest absolute Gasteiger partial charge is 0.480 e. The molecule has 29 heavy (non-hydrogen) atoms. The van der Waals surface area contributed by atoms with Crippen LogP contribution < -0.4 is 0 Å². The maximum atomic E-state index is 12.9. The minimum absolute atomic E-state index is 0.0126. The fourth-order valence-electron chi connectivity index (χ4n) is 4.42. The predicted molar refractivity (Wildman–Crippen MR) is 94.6 cm³/mol. The Labute approximate surface area is 167 Å². The summed E-state index contributed by atoms with van der Waals surface area (Å²) >= 11 is 0. The van der Waals surface area contributed by atoms with Gasteiger partial charge in [-0.25, -0.2) is 4.79 Å². The number of rotatable bonds is 6. The van der Waals surface area contributed by atoms with E-state index in [0.717, 1.165) is 0 Å². The highest BCUT2D eigenvalue weighted by Crippen LogP contribution is 2.42. The van der Waals surface area contributed by atoms with Gasteiger partial charge in [0.25, 0.3) is 5.91 Å². The molecule has 5 N–H and O–H groups in total. The van der Waals surface area contributed by atoms with Crippen molar-refractivity contribution in [3.05, 3.63) is 0 Å². The molecule has 0 bridgehead atoms. The molecule has 0 aromatic rings. The van der Waals surface area contributed by atoms with Crippen molar-refractivity contribution in [3.63, 3.8) is 0 Å². The number of carbonyl (C=O) groups excluding carboxylic acids is 1. The maximum absolute atomic E-state index is 12.9. The second kappa shape index (κ2) is 8.42. The smallest absolute Gasteiger partial charge is 0.329 e. The van der Waals surface area contributed by atoms with Crippen molar-refractivity contribution in [1.29, 1.82) is 0 Å². The molecule has 166 valence electrons. The lowest BCUT2D eigenvalue weighted by molar-refractivity contribution is -0.295. The quantitative estimate of drug-likeness (QED) is 0.319. The van der Waals surface area contributed by atoms with Crippen molar-refractivity contribution in [2.45, 2.75) is 87.6 Å². The number of amides is 1. The van der Waals surface area contributed by atoms with Crippen molar-refractivity contribution in [1.82, 2.24) is 4.90 Å². The van der Waals surface area contributed by atoms with E-state index in [-0.39, 0.29) is 13.0 Å². The molecular weight excluding hydrogens is 390 g/mol. The van der Waals surface area contributed by atoms with Crippen molar-refractivity contribution in [3.8, 4) is 0 Å². The Bertz CT molecular complexity index is 632. The number of aliphatic hydroxyl groups excluding tert-OH is 4. The van der Waals surface area contributed by atoms with Gasteiger partial charge in [0.1, 0.15) is 31.0 Å². The van der Waals surface area contributed by atoms with Crippen LogP contribution in [0.1, 0.15) is 33.1 Å². The van der Waals surface area contributed by atoms with E-state index in [0.29, 0.717) is 12.8 Å². The Hall–Kier alpha value is -1.34. The normalized spacial score (nSPS) is 45.3. The molecule has 0 aromatic carbocycles. The van der Waals surface area contributed by atoms with Crippen LogP contribution in [0.2, 0.25) is 0 Å². The lowest BCUT2D eigenvalue weighted by Gasteiger charge is -2.48. The lowest BCUT2D eigenvalue weighted by atomic mass is 9.84. The van der Waals surface area contributed by atoms with Crippen LogP contribution in [0.25, 0.3) is 0 Å². The van der Waals surface area contributed by atoms with Crippen LogP contribution in [0, 0.1) is 0 Å². The van der Waals surface area contributed by atoms with E-state index >= 15 is 0 Å². The van der Waals surface area contributed by atoms with Gasteiger partial charge in [-0.15, -0.1) is 0 Å². The molecule has 0 aromatic heterocycles. The zero-order valence-electron chi connectivity index (χ0n) is 16.4. The first-order valence-corrected chi connectivity index (χ1v) is 9.72. The Morgan fingerprint density at radius 3 is 2.55 bits per heavy atom. The van der Waals surface area contributed by atoms with E-state index in [2.05, 4.69) is 0 Å². The van der Waals surface area contributed by atoms with Crippen LogP contribution in [-0.4, -0.2) is 110 Å². The molecule has 3 rings (SSSR count). The van der Waals surface area contributed by atoms with E-state index in [4.69, 9.17) is 19.3 Å². The number of carbonyl (C=O) groups is 2. The number of piperidine rings is 1. The molecule has 3 saturated heterocycles. The van der Waals surface area contributed by atoms with E-state index in [1.54, 1.807) is 6.92 Å². The number of hydrogen-bond acceptors (Lipinski definition) is 9. The first-order chi connectivity index (χ1) is 13.6.